The van der Waals surface area contributed by atoms with Crippen molar-refractivity contribution in [1.29, 1.82) is 0 Å². The molecule has 2 aromatic carbocycles. The van der Waals surface area contributed by atoms with E-state index in [0.29, 0.717) is 12.1 Å². The van der Waals surface area contributed by atoms with Gasteiger partial charge in [0.15, 0.2) is 0 Å². The molecule has 2 aromatic heterocycles. The zero-order valence-electron chi connectivity index (χ0n) is 18.3. The summed E-state index contributed by atoms with van der Waals surface area (Å²) in [4.78, 5) is 32.8. The van der Waals surface area contributed by atoms with Crippen LogP contribution in [0, 0.1) is 0 Å². The monoisotopic (exact) mass is 440 g/mol. The number of nitrogens with zero attached hydrogens (tertiary/aromatic N) is 4. The van der Waals surface area contributed by atoms with Gasteiger partial charge in [0.05, 0.1) is 12.1 Å². The Hall–Kier alpha value is -4.13. The number of hydrogen-bond acceptors (Lipinski definition) is 5. The van der Waals surface area contributed by atoms with Crippen LogP contribution in [0.5, 0.6) is 0 Å². The number of ketones is 1. The van der Waals surface area contributed by atoms with Crippen LogP contribution in [-0.2, 0) is 19.4 Å². The molecule has 1 N–H and O–H groups in total. The third-order valence-electron chi connectivity index (χ3n) is 5.33. The number of rotatable bonds is 9. The molecule has 4 rings (SSSR count). The van der Waals surface area contributed by atoms with Crippen molar-refractivity contribution in [3.63, 3.8) is 0 Å². The third-order valence-corrected chi connectivity index (χ3v) is 5.33. The number of carbonyl (C=O) groups excluding carboxylic acids is 1. The average molecular weight is 441 g/mol. The standard InChI is InChI=1S/C26H24N4O3/c1-2-6-24-28-25(23(31)15-18-7-4-3-5-8-18)29-30(24)17-19-9-11-20(12-10-19)22-16-27-14-13-21(22)26(32)33/h3-5,7-14,16H,2,6,15,17H2,1H3,(H,32,33). The summed E-state index contributed by atoms with van der Waals surface area (Å²) in [6, 6.07) is 18.7. The lowest BCUT2D eigenvalue weighted by Gasteiger charge is -2.08. The van der Waals surface area contributed by atoms with E-state index in [1.807, 2.05) is 54.6 Å². The first-order valence-electron chi connectivity index (χ1n) is 10.8. The zero-order valence-corrected chi connectivity index (χ0v) is 18.3. The van der Waals surface area contributed by atoms with E-state index in [2.05, 4.69) is 22.0 Å². The van der Waals surface area contributed by atoms with Crippen LogP contribution in [0.1, 0.15) is 51.3 Å². The lowest BCUT2D eigenvalue weighted by atomic mass is 10.0. The largest absolute Gasteiger partial charge is 0.478 e. The average Bonchev–Trinajstić information content (AvgIpc) is 3.23. The molecule has 0 saturated heterocycles. The highest BCUT2D eigenvalue weighted by Crippen LogP contribution is 2.23. The molecule has 0 aliphatic carbocycles. The van der Waals surface area contributed by atoms with Gasteiger partial charge >= 0.3 is 5.97 Å². The second-order valence-corrected chi connectivity index (χ2v) is 7.77. The first-order valence-corrected chi connectivity index (χ1v) is 10.8. The van der Waals surface area contributed by atoms with Gasteiger partial charge in [-0.2, -0.15) is 0 Å². The summed E-state index contributed by atoms with van der Waals surface area (Å²) in [5, 5.41) is 13.9. The van der Waals surface area contributed by atoms with E-state index in [1.165, 1.54) is 12.3 Å². The van der Waals surface area contributed by atoms with Crippen LogP contribution in [0.15, 0.2) is 73.1 Å². The van der Waals surface area contributed by atoms with Crippen molar-refractivity contribution in [1.82, 2.24) is 19.7 Å². The van der Waals surface area contributed by atoms with Gasteiger partial charge in [-0.15, -0.1) is 5.10 Å². The Morgan fingerprint density at radius 1 is 0.970 bits per heavy atom. The van der Waals surface area contributed by atoms with Crippen LogP contribution < -0.4 is 0 Å². The van der Waals surface area contributed by atoms with Crippen molar-refractivity contribution < 1.29 is 14.7 Å². The van der Waals surface area contributed by atoms with Crippen molar-refractivity contribution in [2.75, 3.05) is 0 Å². The minimum atomic E-state index is -0.990. The minimum absolute atomic E-state index is 0.106. The van der Waals surface area contributed by atoms with Crippen molar-refractivity contribution in [3.05, 3.63) is 101 Å². The molecule has 33 heavy (non-hydrogen) atoms. The Kier molecular flexibility index (Phi) is 6.69. The van der Waals surface area contributed by atoms with E-state index < -0.39 is 5.97 Å². The third kappa shape index (κ3) is 5.20. The van der Waals surface area contributed by atoms with E-state index in [4.69, 9.17) is 0 Å². The molecule has 0 fully saturated rings. The molecule has 7 nitrogen and oxygen atoms in total. The van der Waals surface area contributed by atoms with E-state index in [9.17, 15) is 14.7 Å². The quantitative estimate of drug-likeness (QED) is 0.386. The van der Waals surface area contributed by atoms with E-state index >= 15 is 0 Å². The Morgan fingerprint density at radius 3 is 2.42 bits per heavy atom. The molecule has 7 heteroatoms. The molecular formula is C26H24N4O3. The van der Waals surface area contributed by atoms with Crippen LogP contribution in [-0.4, -0.2) is 36.6 Å². The van der Waals surface area contributed by atoms with Gasteiger partial charge in [-0.3, -0.25) is 9.78 Å². The first-order chi connectivity index (χ1) is 16.0. The number of pyridine rings is 1. The Balaban J connectivity index is 1.55. The predicted molar refractivity (Wildman–Crippen MR) is 124 cm³/mol. The summed E-state index contributed by atoms with van der Waals surface area (Å²) in [5.74, 6) is -0.0831. The van der Waals surface area contributed by atoms with Gasteiger partial charge < -0.3 is 5.11 Å². The number of carboxylic acid groups (broad SMARTS) is 1. The summed E-state index contributed by atoms with van der Waals surface area (Å²) in [5.41, 5.74) is 3.46. The minimum Gasteiger partial charge on any atom is -0.478 e. The number of carboxylic acids is 1. The number of Topliss-reactive ketones (excluding diaryl/α,β-unsaturated/α-hetero) is 1. The molecule has 0 bridgehead atoms. The van der Waals surface area contributed by atoms with Crippen LogP contribution in [0.2, 0.25) is 0 Å². The fourth-order valence-corrected chi connectivity index (χ4v) is 3.66. The molecule has 0 radical (unpaired) electrons. The molecule has 0 aliphatic heterocycles. The van der Waals surface area contributed by atoms with Gasteiger partial charge in [0.2, 0.25) is 11.6 Å². The smallest absolute Gasteiger partial charge is 0.336 e. The Morgan fingerprint density at radius 2 is 1.73 bits per heavy atom. The molecule has 0 aliphatic rings. The zero-order chi connectivity index (χ0) is 23.2. The molecule has 0 amide bonds. The van der Waals surface area contributed by atoms with Crippen LogP contribution in [0.25, 0.3) is 11.1 Å². The van der Waals surface area contributed by atoms with E-state index in [0.717, 1.165) is 35.4 Å². The molecule has 0 unspecified atom stereocenters. The van der Waals surface area contributed by atoms with Crippen molar-refractivity contribution in [2.45, 2.75) is 32.7 Å². The number of carbonyl (C=O) groups is 2. The van der Waals surface area contributed by atoms with Gasteiger partial charge in [0, 0.05) is 30.8 Å². The van der Waals surface area contributed by atoms with Crippen molar-refractivity contribution >= 4 is 11.8 Å². The summed E-state index contributed by atoms with van der Waals surface area (Å²) >= 11 is 0. The van der Waals surface area contributed by atoms with Crippen molar-refractivity contribution in [2.24, 2.45) is 0 Å². The number of aromatic carboxylic acids is 1. The van der Waals surface area contributed by atoms with Gasteiger partial charge in [-0.05, 0) is 29.2 Å². The molecule has 4 aromatic rings. The van der Waals surface area contributed by atoms with E-state index in [1.54, 1.807) is 10.9 Å². The van der Waals surface area contributed by atoms with Gasteiger partial charge in [0.1, 0.15) is 5.82 Å². The summed E-state index contributed by atoms with van der Waals surface area (Å²) in [7, 11) is 0. The Bertz CT molecular complexity index is 1260. The highest BCUT2D eigenvalue weighted by atomic mass is 16.4. The van der Waals surface area contributed by atoms with Crippen LogP contribution in [0.3, 0.4) is 0 Å². The first kappa shape index (κ1) is 22.1. The molecule has 0 spiro atoms. The maximum absolute atomic E-state index is 12.7. The molecule has 0 atom stereocenters. The SMILES string of the molecule is CCCc1nc(C(=O)Cc2ccccc2)nn1Cc1ccc(-c2cnccc2C(=O)O)cc1. The second-order valence-electron chi connectivity index (χ2n) is 7.77. The van der Waals surface area contributed by atoms with Gasteiger partial charge in [-0.1, -0.05) is 61.5 Å². The predicted octanol–water partition coefficient (Wildman–Crippen LogP) is 4.46. The molecule has 0 saturated carbocycles. The lowest BCUT2D eigenvalue weighted by Crippen LogP contribution is -2.09. The number of aromatic nitrogens is 4. The molecular weight excluding hydrogens is 416 g/mol. The van der Waals surface area contributed by atoms with Gasteiger partial charge in [0.25, 0.3) is 0 Å². The maximum Gasteiger partial charge on any atom is 0.336 e. The maximum atomic E-state index is 12.7. The summed E-state index contributed by atoms with van der Waals surface area (Å²) in [6.07, 6.45) is 4.91. The lowest BCUT2D eigenvalue weighted by molar-refractivity contribution is 0.0697. The van der Waals surface area contributed by atoms with E-state index in [-0.39, 0.29) is 23.6 Å². The summed E-state index contributed by atoms with van der Waals surface area (Å²) < 4.78 is 1.78. The molecule has 2 heterocycles. The normalized spacial score (nSPS) is 10.8. The number of aryl methyl sites for hydroxylation is 1. The second kappa shape index (κ2) is 9.99. The molecule has 166 valence electrons. The topological polar surface area (TPSA) is 98.0 Å². The highest BCUT2D eigenvalue weighted by molar-refractivity contribution is 5.95. The van der Waals surface area contributed by atoms with Crippen molar-refractivity contribution in [3.8, 4) is 11.1 Å². The number of benzene rings is 2. The summed E-state index contributed by atoms with van der Waals surface area (Å²) in [6.45, 7) is 2.53. The van der Waals surface area contributed by atoms with Crippen LogP contribution >= 0.6 is 0 Å². The van der Waals surface area contributed by atoms with Crippen LogP contribution in [0.4, 0.5) is 0 Å². The fraction of sp³-hybridized carbons (Fsp3) is 0.192. The Labute approximate surface area is 191 Å². The van der Waals surface area contributed by atoms with Gasteiger partial charge in [-0.25, -0.2) is 14.5 Å². The number of hydrogen-bond donors (Lipinski definition) is 1. The highest BCUT2D eigenvalue weighted by Gasteiger charge is 2.17. The fourth-order valence-electron chi connectivity index (χ4n) is 3.66.